The predicted molar refractivity (Wildman–Crippen MR) is 55.4 cm³/mol. The minimum atomic E-state index is -0.509. The largest absolute Gasteiger partial charge is 0.490 e. The molecule has 0 aromatic heterocycles. The van der Waals surface area contributed by atoms with E-state index in [1.807, 2.05) is 13.0 Å². The lowest BCUT2D eigenvalue weighted by molar-refractivity contribution is -0.384. The molecule has 0 aliphatic carbocycles. The van der Waals surface area contributed by atoms with Crippen LogP contribution in [0.1, 0.15) is 5.56 Å². The third-order valence-electron chi connectivity index (χ3n) is 1.90. The fraction of sp³-hybridized carbons (Fsp3) is 0.400. The van der Waals surface area contributed by atoms with Gasteiger partial charge in [-0.15, -0.1) is 0 Å². The molecule has 1 atom stereocenters. The van der Waals surface area contributed by atoms with Gasteiger partial charge >= 0.3 is 0 Å². The molecule has 1 rings (SSSR count). The van der Waals surface area contributed by atoms with Crippen molar-refractivity contribution in [2.24, 2.45) is 0 Å². The van der Waals surface area contributed by atoms with Gasteiger partial charge in [-0.05, 0) is 30.7 Å². The van der Waals surface area contributed by atoms with Crippen molar-refractivity contribution in [3.8, 4) is 5.75 Å². The molecular formula is C10H15ClNO2+. The van der Waals surface area contributed by atoms with Crippen LogP contribution in [0, 0.1) is 6.92 Å². The first-order chi connectivity index (χ1) is 6.63. The van der Waals surface area contributed by atoms with E-state index in [-0.39, 0.29) is 6.61 Å². The van der Waals surface area contributed by atoms with E-state index in [1.165, 1.54) is 0 Å². The molecule has 0 saturated heterocycles. The number of benzene rings is 1. The summed E-state index contributed by atoms with van der Waals surface area (Å²) in [6, 6.07) is 5.39. The van der Waals surface area contributed by atoms with Crippen LogP contribution in [0.25, 0.3) is 0 Å². The van der Waals surface area contributed by atoms with E-state index in [0.717, 1.165) is 11.3 Å². The van der Waals surface area contributed by atoms with E-state index in [2.05, 4.69) is 5.73 Å². The van der Waals surface area contributed by atoms with Gasteiger partial charge in [-0.3, -0.25) is 0 Å². The Labute approximate surface area is 88.4 Å². The van der Waals surface area contributed by atoms with Gasteiger partial charge in [0.05, 0.1) is 0 Å². The normalized spacial score (nSPS) is 12.6. The lowest BCUT2D eigenvalue weighted by Gasteiger charge is -2.11. The summed E-state index contributed by atoms with van der Waals surface area (Å²) in [7, 11) is 0. The molecule has 0 bridgehead atoms. The van der Waals surface area contributed by atoms with Gasteiger partial charge < -0.3 is 15.6 Å². The molecule has 1 aromatic carbocycles. The molecule has 0 saturated carbocycles. The van der Waals surface area contributed by atoms with Gasteiger partial charge in [-0.2, -0.15) is 0 Å². The second-order valence-corrected chi connectivity index (χ2v) is 3.60. The Kier molecular flexibility index (Phi) is 4.20. The lowest BCUT2D eigenvalue weighted by Crippen LogP contribution is -2.56. The molecule has 0 fully saturated rings. The smallest absolute Gasteiger partial charge is 0.136 e. The standard InChI is InChI=1S/C10H14ClNO2/c1-7-4-8(11)2-3-10(7)14-6-9(13)5-12/h2-4,9,13H,5-6,12H2,1H3/p+1/t9-/m0/s1. The number of halogens is 1. The van der Waals surface area contributed by atoms with Gasteiger partial charge in [0.25, 0.3) is 0 Å². The first kappa shape index (κ1) is 11.3. The second kappa shape index (κ2) is 5.20. The summed E-state index contributed by atoms with van der Waals surface area (Å²) < 4.78 is 5.40. The first-order valence-corrected chi connectivity index (χ1v) is 4.87. The zero-order valence-corrected chi connectivity index (χ0v) is 8.92. The topological polar surface area (TPSA) is 57.1 Å². The zero-order valence-electron chi connectivity index (χ0n) is 8.16. The van der Waals surface area contributed by atoms with Gasteiger partial charge in [-0.1, -0.05) is 11.6 Å². The predicted octanol–water partition coefficient (Wildman–Crippen LogP) is 0.630. The summed E-state index contributed by atoms with van der Waals surface area (Å²) in [5.41, 5.74) is 4.55. The van der Waals surface area contributed by atoms with Crippen molar-refractivity contribution in [1.29, 1.82) is 0 Å². The number of hydrogen-bond acceptors (Lipinski definition) is 2. The van der Waals surface area contributed by atoms with Crippen LogP contribution in [0.2, 0.25) is 5.02 Å². The van der Waals surface area contributed by atoms with Crippen molar-refractivity contribution in [2.45, 2.75) is 13.0 Å². The van der Waals surface area contributed by atoms with E-state index >= 15 is 0 Å². The Hall–Kier alpha value is -0.770. The van der Waals surface area contributed by atoms with Gasteiger partial charge in [-0.25, -0.2) is 0 Å². The number of quaternary nitrogens is 1. The number of aliphatic hydroxyl groups excluding tert-OH is 1. The van der Waals surface area contributed by atoms with Crippen LogP contribution < -0.4 is 10.5 Å². The molecule has 3 nitrogen and oxygen atoms in total. The average Bonchev–Trinajstić information content (AvgIpc) is 2.16. The van der Waals surface area contributed by atoms with E-state index in [9.17, 15) is 5.11 Å². The Bertz CT molecular complexity index is 304. The van der Waals surface area contributed by atoms with Crippen molar-refractivity contribution < 1.29 is 15.6 Å². The van der Waals surface area contributed by atoms with Crippen LogP contribution in [0.5, 0.6) is 5.75 Å². The molecule has 4 N–H and O–H groups in total. The Morgan fingerprint density at radius 3 is 2.86 bits per heavy atom. The van der Waals surface area contributed by atoms with Crippen molar-refractivity contribution in [3.63, 3.8) is 0 Å². The van der Waals surface area contributed by atoms with Crippen LogP contribution in [-0.2, 0) is 0 Å². The minimum absolute atomic E-state index is 0.270. The first-order valence-electron chi connectivity index (χ1n) is 4.49. The summed E-state index contributed by atoms with van der Waals surface area (Å²) >= 11 is 5.79. The van der Waals surface area contributed by atoms with Crippen LogP contribution in [-0.4, -0.2) is 24.4 Å². The number of ether oxygens (including phenoxy) is 1. The molecule has 0 aliphatic rings. The highest BCUT2D eigenvalue weighted by Gasteiger charge is 2.05. The highest BCUT2D eigenvalue weighted by molar-refractivity contribution is 6.30. The maximum absolute atomic E-state index is 9.25. The fourth-order valence-corrected chi connectivity index (χ4v) is 1.27. The number of rotatable bonds is 4. The summed E-state index contributed by atoms with van der Waals surface area (Å²) in [4.78, 5) is 0. The quantitative estimate of drug-likeness (QED) is 0.776. The monoisotopic (exact) mass is 216 g/mol. The highest BCUT2D eigenvalue weighted by Crippen LogP contribution is 2.21. The second-order valence-electron chi connectivity index (χ2n) is 3.16. The molecule has 78 valence electrons. The summed E-state index contributed by atoms with van der Waals surface area (Å²) in [6.07, 6.45) is -0.509. The SMILES string of the molecule is Cc1cc(Cl)ccc1OC[C@@H](O)C[NH3+]. The van der Waals surface area contributed by atoms with Crippen molar-refractivity contribution in [1.82, 2.24) is 0 Å². The zero-order chi connectivity index (χ0) is 10.6. The van der Waals surface area contributed by atoms with Crippen molar-refractivity contribution in [3.05, 3.63) is 28.8 Å². The van der Waals surface area contributed by atoms with Gasteiger partial charge in [0.2, 0.25) is 0 Å². The van der Waals surface area contributed by atoms with E-state index in [1.54, 1.807) is 12.1 Å². The average molecular weight is 217 g/mol. The maximum Gasteiger partial charge on any atom is 0.136 e. The van der Waals surface area contributed by atoms with Crippen molar-refractivity contribution >= 4 is 11.6 Å². The molecule has 0 heterocycles. The molecule has 14 heavy (non-hydrogen) atoms. The molecule has 0 aliphatic heterocycles. The molecule has 0 radical (unpaired) electrons. The molecule has 0 spiro atoms. The van der Waals surface area contributed by atoms with Crippen LogP contribution in [0.4, 0.5) is 0 Å². The maximum atomic E-state index is 9.25. The van der Waals surface area contributed by atoms with E-state index in [4.69, 9.17) is 16.3 Å². The van der Waals surface area contributed by atoms with Crippen LogP contribution in [0.3, 0.4) is 0 Å². The third kappa shape index (κ3) is 3.18. The fourth-order valence-electron chi connectivity index (χ4n) is 1.04. The summed E-state index contributed by atoms with van der Waals surface area (Å²) in [6.45, 7) is 2.64. The Balaban J connectivity index is 2.59. The Morgan fingerprint density at radius 2 is 2.29 bits per heavy atom. The summed E-state index contributed by atoms with van der Waals surface area (Å²) in [5.74, 6) is 0.752. The molecular weight excluding hydrogens is 202 g/mol. The van der Waals surface area contributed by atoms with E-state index in [0.29, 0.717) is 11.6 Å². The number of hydrogen-bond donors (Lipinski definition) is 2. The Morgan fingerprint density at radius 1 is 1.57 bits per heavy atom. The highest BCUT2D eigenvalue weighted by atomic mass is 35.5. The van der Waals surface area contributed by atoms with Crippen LogP contribution >= 0.6 is 11.6 Å². The van der Waals surface area contributed by atoms with Crippen molar-refractivity contribution in [2.75, 3.05) is 13.2 Å². The third-order valence-corrected chi connectivity index (χ3v) is 2.14. The molecule has 0 amide bonds. The number of aliphatic hydroxyl groups is 1. The molecule has 0 unspecified atom stereocenters. The summed E-state index contributed by atoms with van der Waals surface area (Å²) in [5, 5.41) is 9.94. The van der Waals surface area contributed by atoms with Crippen LogP contribution in [0.15, 0.2) is 18.2 Å². The molecule has 4 heteroatoms. The lowest BCUT2D eigenvalue weighted by atomic mass is 10.2. The molecule has 1 aromatic rings. The van der Waals surface area contributed by atoms with Gasteiger partial charge in [0, 0.05) is 5.02 Å². The van der Waals surface area contributed by atoms with Gasteiger partial charge in [0.15, 0.2) is 0 Å². The minimum Gasteiger partial charge on any atom is -0.490 e. The van der Waals surface area contributed by atoms with E-state index < -0.39 is 6.10 Å². The number of aryl methyl sites for hydroxylation is 1. The van der Waals surface area contributed by atoms with Gasteiger partial charge in [0.1, 0.15) is 25.0 Å².